The highest BCUT2D eigenvalue weighted by atomic mass is 19.1. The minimum Gasteiger partial charge on any atom is -0.294 e. The van der Waals surface area contributed by atoms with Crippen molar-refractivity contribution < 1.29 is 18.4 Å². The van der Waals surface area contributed by atoms with Crippen LogP contribution < -0.4 is 0 Å². The second-order valence-corrected chi connectivity index (χ2v) is 3.92. The van der Waals surface area contributed by atoms with E-state index in [2.05, 4.69) is 4.98 Å². The monoisotopic (exact) mass is 261 g/mol. The highest BCUT2D eigenvalue weighted by Crippen LogP contribution is 2.12. The van der Waals surface area contributed by atoms with Gasteiger partial charge >= 0.3 is 0 Å². The quantitative estimate of drug-likeness (QED) is 0.628. The van der Waals surface area contributed by atoms with Gasteiger partial charge < -0.3 is 0 Å². The van der Waals surface area contributed by atoms with Crippen molar-refractivity contribution >= 4 is 11.6 Å². The Bertz CT molecular complexity index is 606. The van der Waals surface area contributed by atoms with Crippen LogP contribution in [0.1, 0.15) is 27.1 Å². The van der Waals surface area contributed by atoms with Crippen LogP contribution >= 0.6 is 0 Å². The van der Waals surface area contributed by atoms with Gasteiger partial charge in [0.1, 0.15) is 11.6 Å². The van der Waals surface area contributed by atoms with E-state index in [9.17, 15) is 18.4 Å². The van der Waals surface area contributed by atoms with Crippen molar-refractivity contribution in [2.45, 2.75) is 6.42 Å². The predicted molar refractivity (Wildman–Crippen MR) is 63.9 cm³/mol. The van der Waals surface area contributed by atoms with Gasteiger partial charge in [0.15, 0.2) is 11.6 Å². The number of benzene rings is 1. The lowest BCUT2D eigenvalue weighted by molar-refractivity contribution is 0.0893. The average Bonchev–Trinajstić information content (AvgIpc) is 2.38. The third-order valence-corrected chi connectivity index (χ3v) is 2.49. The fourth-order valence-electron chi connectivity index (χ4n) is 1.59. The molecule has 0 saturated carbocycles. The maximum absolute atomic E-state index is 13.0. The van der Waals surface area contributed by atoms with Gasteiger partial charge in [-0.05, 0) is 24.3 Å². The summed E-state index contributed by atoms with van der Waals surface area (Å²) in [5.74, 6) is -2.77. The minimum absolute atomic E-state index is 0.158. The van der Waals surface area contributed by atoms with Crippen LogP contribution in [0, 0.1) is 11.6 Å². The molecule has 0 fully saturated rings. The Morgan fingerprint density at radius 2 is 1.63 bits per heavy atom. The van der Waals surface area contributed by atoms with Gasteiger partial charge in [-0.15, -0.1) is 0 Å². The van der Waals surface area contributed by atoms with E-state index in [1.165, 1.54) is 18.5 Å². The van der Waals surface area contributed by atoms with E-state index in [4.69, 9.17) is 0 Å². The van der Waals surface area contributed by atoms with Gasteiger partial charge in [0, 0.05) is 29.6 Å². The zero-order valence-electron chi connectivity index (χ0n) is 9.77. The summed E-state index contributed by atoms with van der Waals surface area (Å²) in [6, 6.07) is 5.57. The predicted octanol–water partition coefficient (Wildman–Crippen LogP) is 2.82. The number of rotatable bonds is 4. The second-order valence-electron chi connectivity index (χ2n) is 3.92. The topological polar surface area (TPSA) is 47.0 Å². The Labute approximate surface area is 107 Å². The lowest BCUT2D eigenvalue weighted by Gasteiger charge is -2.02. The third kappa shape index (κ3) is 3.28. The lowest BCUT2D eigenvalue weighted by atomic mass is 10.0. The van der Waals surface area contributed by atoms with Crippen molar-refractivity contribution in [1.29, 1.82) is 0 Å². The zero-order valence-corrected chi connectivity index (χ0v) is 9.77. The van der Waals surface area contributed by atoms with Gasteiger partial charge in [-0.1, -0.05) is 0 Å². The van der Waals surface area contributed by atoms with Crippen molar-refractivity contribution in [1.82, 2.24) is 4.98 Å². The van der Waals surface area contributed by atoms with E-state index in [1.807, 2.05) is 0 Å². The SMILES string of the molecule is O=C(CC(=O)c1cc(F)cc(F)c1)c1cccnc1. The van der Waals surface area contributed by atoms with E-state index in [-0.39, 0.29) is 11.1 Å². The van der Waals surface area contributed by atoms with Gasteiger partial charge in [-0.3, -0.25) is 14.6 Å². The Morgan fingerprint density at radius 3 is 2.21 bits per heavy atom. The van der Waals surface area contributed by atoms with Crippen molar-refractivity contribution in [3.63, 3.8) is 0 Å². The molecule has 0 radical (unpaired) electrons. The fourth-order valence-corrected chi connectivity index (χ4v) is 1.59. The Hall–Kier alpha value is -2.43. The summed E-state index contributed by atoms with van der Waals surface area (Å²) in [5.41, 5.74) is 0.127. The minimum atomic E-state index is -0.850. The summed E-state index contributed by atoms with van der Waals surface area (Å²) < 4.78 is 25.9. The molecular formula is C14H9F2NO2. The average molecular weight is 261 g/mol. The molecule has 5 heteroatoms. The van der Waals surface area contributed by atoms with Crippen molar-refractivity contribution in [2.24, 2.45) is 0 Å². The number of carbonyl (C=O) groups excluding carboxylic acids is 2. The molecule has 0 unspecified atom stereocenters. The number of ketones is 2. The van der Waals surface area contributed by atoms with Crippen LogP contribution in [0.5, 0.6) is 0 Å². The van der Waals surface area contributed by atoms with Gasteiger partial charge in [0.05, 0.1) is 6.42 Å². The number of nitrogens with zero attached hydrogens (tertiary/aromatic N) is 1. The summed E-state index contributed by atoms with van der Waals surface area (Å²) in [5, 5.41) is 0. The molecule has 0 atom stereocenters. The molecule has 0 spiro atoms. The van der Waals surface area contributed by atoms with Gasteiger partial charge in [-0.25, -0.2) is 8.78 Å². The number of pyridine rings is 1. The molecule has 3 nitrogen and oxygen atoms in total. The van der Waals surface area contributed by atoms with Crippen LogP contribution in [-0.2, 0) is 0 Å². The van der Waals surface area contributed by atoms with Crippen LogP contribution in [0.3, 0.4) is 0 Å². The van der Waals surface area contributed by atoms with E-state index < -0.39 is 29.6 Å². The van der Waals surface area contributed by atoms with Crippen LogP contribution in [0.2, 0.25) is 0 Å². The number of aromatic nitrogens is 1. The second kappa shape index (κ2) is 5.48. The highest BCUT2D eigenvalue weighted by molar-refractivity contribution is 6.13. The standard InChI is InChI=1S/C14H9F2NO2/c15-11-4-10(5-12(16)6-11)14(19)7-13(18)9-2-1-3-17-8-9/h1-6,8H,7H2. The van der Waals surface area contributed by atoms with Crippen LogP contribution in [-0.4, -0.2) is 16.6 Å². The molecule has 2 rings (SSSR count). The first-order valence-electron chi connectivity index (χ1n) is 5.49. The number of halogens is 2. The summed E-state index contributed by atoms with van der Waals surface area (Å²) in [7, 11) is 0. The first kappa shape index (κ1) is 13.0. The Morgan fingerprint density at radius 1 is 1.00 bits per heavy atom. The molecule has 96 valence electrons. The number of hydrogen-bond donors (Lipinski definition) is 0. The van der Waals surface area contributed by atoms with Gasteiger partial charge in [-0.2, -0.15) is 0 Å². The normalized spacial score (nSPS) is 10.2. The van der Waals surface area contributed by atoms with E-state index in [0.717, 1.165) is 12.1 Å². The molecule has 1 aromatic heterocycles. The largest absolute Gasteiger partial charge is 0.294 e. The summed E-state index contributed by atoms with van der Waals surface area (Å²) in [4.78, 5) is 27.3. The zero-order chi connectivity index (χ0) is 13.8. The van der Waals surface area contributed by atoms with Crippen molar-refractivity contribution in [2.75, 3.05) is 0 Å². The Balaban J connectivity index is 2.15. The molecular weight excluding hydrogens is 252 g/mol. The third-order valence-electron chi connectivity index (χ3n) is 2.49. The van der Waals surface area contributed by atoms with E-state index in [0.29, 0.717) is 6.07 Å². The van der Waals surface area contributed by atoms with Crippen LogP contribution in [0.4, 0.5) is 8.78 Å². The highest BCUT2D eigenvalue weighted by Gasteiger charge is 2.15. The van der Waals surface area contributed by atoms with E-state index >= 15 is 0 Å². The van der Waals surface area contributed by atoms with Crippen molar-refractivity contribution in [3.05, 3.63) is 65.5 Å². The maximum Gasteiger partial charge on any atom is 0.172 e. The first-order chi connectivity index (χ1) is 9.06. The first-order valence-corrected chi connectivity index (χ1v) is 5.49. The molecule has 0 saturated heterocycles. The molecule has 0 aliphatic rings. The lowest BCUT2D eigenvalue weighted by Crippen LogP contribution is -2.09. The Kier molecular flexibility index (Phi) is 3.75. The maximum atomic E-state index is 13.0. The number of carbonyl (C=O) groups is 2. The smallest absolute Gasteiger partial charge is 0.172 e. The van der Waals surface area contributed by atoms with Gasteiger partial charge in [0.2, 0.25) is 0 Å². The summed E-state index contributed by atoms with van der Waals surface area (Å²) in [6.45, 7) is 0. The number of Topliss-reactive ketones (excluding diaryl/α,β-unsaturated/α-hetero) is 2. The molecule has 0 aliphatic carbocycles. The molecule has 2 aromatic rings. The van der Waals surface area contributed by atoms with Crippen LogP contribution in [0.25, 0.3) is 0 Å². The summed E-state index contributed by atoms with van der Waals surface area (Å²) >= 11 is 0. The molecule has 0 bridgehead atoms. The summed E-state index contributed by atoms with van der Waals surface area (Å²) in [6.07, 6.45) is 2.39. The van der Waals surface area contributed by atoms with Crippen molar-refractivity contribution in [3.8, 4) is 0 Å². The van der Waals surface area contributed by atoms with Gasteiger partial charge in [0.25, 0.3) is 0 Å². The molecule has 1 heterocycles. The number of hydrogen-bond acceptors (Lipinski definition) is 3. The fraction of sp³-hybridized carbons (Fsp3) is 0.0714. The molecule has 0 N–H and O–H groups in total. The van der Waals surface area contributed by atoms with Crippen LogP contribution in [0.15, 0.2) is 42.7 Å². The molecule has 19 heavy (non-hydrogen) atoms. The molecule has 1 aromatic carbocycles. The van der Waals surface area contributed by atoms with E-state index in [1.54, 1.807) is 6.07 Å². The molecule has 0 amide bonds. The molecule has 0 aliphatic heterocycles.